The van der Waals surface area contributed by atoms with E-state index in [0.29, 0.717) is 5.69 Å². The molecule has 7 heteroatoms. The number of nitrogens with zero attached hydrogens (tertiary/aromatic N) is 2. The van der Waals surface area contributed by atoms with E-state index >= 15 is 0 Å². The zero-order valence-electron chi connectivity index (χ0n) is 9.46. The van der Waals surface area contributed by atoms with E-state index in [9.17, 15) is 8.42 Å². The van der Waals surface area contributed by atoms with Crippen LogP contribution in [0.25, 0.3) is 0 Å². The van der Waals surface area contributed by atoms with E-state index in [1.165, 1.54) is 6.33 Å². The molecule has 1 aliphatic rings. The fourth-order valence-electron chi connectivity index (χ4n) is 1.83. The molecule has 6 nitrogen and oxygen atoms in total. The third kappa shape index (κ3) is 4.03. The minimum absolute atomic E-state index is 0.0814. The molecule has 1 fully saturated rings. The molecule has 0 amide bonds. The van der Waals surface area contributed by atoms with Crippen LogP contribution in [-0.2, 0) is 16.6 Å². The van der Waals surface area contributed by atoms with Crippen molar-refractivity contribution in [3.63, 3.8) is 0 Å². The van der Waals surface area contributed by atoms with Crippen molar-refractivity contribution in [2.45, 2.75) is 25.4 Å². The number of rotatable bonds is 5. The highest BCUT2D eigenvalue weighted by molar-refractivity contribution is 7.89. The molecule has 0 spiro atoms. The lowest BCUT2D eigenvalue weighted by Crippen LogP contribution is -2.36. The first-order valence-electron chi connectivity index (χ1n) is 5.61. The predicted octanol–water partition coefficient (Wildman–Crippen LogP) is -0.352. The largest absolute Gasteiger partial charge is 0.313 e. The summed E-state index contributed by atoms with van der Waals surface area (Å²) in [6, 6.07) is 1.77. The van der Waals surface area contributed by atoms with Gasteiger partial charge in [-0.25, -0.2) is 23.1 Å². The molecule has 1 aliphatic heterocycles. The van der Waals surface area contributed by atoms with E-state index in [2.05, 4.69) is 20.0 Å². The standard InChI is InChI=1S/C10H16N4O2S/c15-17(16,7-10-2-1-4-12-10)14-6-9-3-5-11-8-13-9/h3,5,8,10,12,14H,1-2,4,6-7H2. The van der Waals surface area contributed by atoms with Crippen LogP contribution >= 0.6 is 0 Å². The molecular formula is C10H16N4O2S. The molecule has 2 rings (SSSR count). The maximum absolute atomic E-state index is 11.8. The summed E-state index contributed by atoms with van der Waals surface area (Å²) in [5.41, 5.74) is 0.669. The minimum atomic E-state index is -3.24. The minimum Gasteiger partial charge on any atom is -0.313 e. The van der Waals surface area contributed by atoms with Crippen LogP contribution in [0.1, 0.15) is 18.5 Å². The highest BCUT2D eigenvalue weighted by atomic mass is 32.2. The highest BCUT2D eigenvalue weighted by Crippen LogP contribution is 2.07. The Bertz CT molecular complexity index is 443. The Hall–Kier alpha value is -1.05. The second-order valence-corrected chi connectivity index (χ2v) is 5.95. The highest BCUT2D eigenvalue weighted by Gasteiger charge is 2.21. The van der Waals surface area contributed by atoms with Gasteiger partial charge >= 0.3 is 0 Å². The second kappa shape index (κ2) is 5.52. The van der Waals surface area contributed by atoms with Crippen molar-refractivity contribution in [3.05, 3.63) is 24.3 Å². The quantitative estimate of drug-likeness (QED) is 0.752. The summed E-state index contributed by atoms with van der Waals surface area (Å²) in [5.74, 6) is 0.137. The van der Waals surface area contributed by atoms with Gasteiger partial charge in [-0.05, 0) is 25.5 Å². The Morgan fingerprint density at radius 3 is 3.06 bits per heavy atom. The third-order valence-electron chi connectivity index (χ3n) is 2.70. The molecule has 0 saturated carbocycles. The lowest BCUT2D eigenvalue weighted by molar-refractivity contribution is 0.562. The summed E-state index contributed by atoms with van der Waals surface area (Å²) in [4.78, 5) is 7.73. The molecule has 1 atom stereocenters. The number of aromatic nitrogens is 2. The van der Waals surface area contributed by atoms with Crippen molar-refractivity contribution < 1.29 is 8.42 Å². The smallest absolute Gasteiger partial charge is 0.213 e. The maximum atomic E-state index is 11.8. The van der Waals surface area contributed by atoms with Crippen molar-refractivity contribution in [1.82, 2.24) is 20.0 Å². The van der Waals surface area contributed by atoms with Gasteiger partial charge in [0, 0.05) is 12.2 Å². The van der Waals surface area contributed by atoms with Crippen molar-refractivity contribution in [2.24, 2.45) is 0 Å². The van der Waals surface area contributed by atoms with Gasteiger partial charge in [-0.2, -0.15) is 0 Å². The molecule has 2 N–H and O–H groups in total. The molecule has 0 radical (unpaired) electrons. The molecule has 17 heavy (non-hydrogen) atoms. The van der Waals surface area contributed by atoms with Crippen molar-refractivity contribution in [3.8, 4) is 0 Å². The summed E-state index contributed by atoms with van der Waals surface area (Å²) < 4.78 is 26.1. The fraction of sp³-hybridized carbons (Fsp3) is 0.600. The lowest BCUT2D eigenvalue weighted by Gasteiger charge is -2.11. The van der Waals surface area contributed by atoms with Crippen LogP contribution in [0.4, 0.5) is 0 Å². The fourth-order valence-corrected chi connectivity index (χ4v) is 3.13. The Labute approximate surface area is 101 Å². The first kappa shape index (κ1) is 12.4. The van der Waals surface area contributed by atoms with Crippen LogP contribution in [0.5, 0.6) is 0 Å². The van der Waals surface area contributed by atoms with Gasteiger partial charge < -0.3 is 5.32 Å². The maximum Gasteiger partial charge on any atom is 0.213 e. The van der Waals surface area contributed by atoms with Gasteiger partial charge in [0.15, 0.2) is 0 Å². The van der Waals surface area contributed by atoms with Crippen LogP contribution < -0.4 is 10.0 Å². The van der Waals surface area contributed by atoms with Crippen LogP contribution in [0.3, 0.4) is 0 Å². The van der Waals surface area contributed by atoms with Crippen molar-refractivity contribution >= 4 is 10.0 Å². The van der Waals surface area contributed by atoms with Crippen LogP contribution in [0, 0.1) is 0 Å². The molecule has 1 aromatic rings. The van der Waals surface area contributed by atoms with Gasteiger partial charge in [-0.1, -0.05) is 0 Å². The van der Waals surface area contributed by atoms with Gasteiger partial charge in [0.25, 0.3) is 0 Å². The first-order valence-corrected chi connectivity index (χ1v) is 7.26. The van der Waals surface area contributed by atoms with Crippen LogP contribution in [0.15, 0.2) is 18.6 Å². The van der Waals surface area contributed by atoms with Gasteiger partial charge in [-0.3, -0.25) is 0 Å². The van der Waals surface area contributed by atoms with Gasteiger partial charge in [0.05, 0.1) is 18.0 Å². The average molecular weight is 256 g/mol. The molecule has 2 heterocycles. The molecule has 0 bridgehead atoms. The zero-order valence-corrected chi connectivity index (χ0v) is 10.3. The predicted molar refractivity (Wildman–Crippen MR) is 63.7 cm³/mol. The van der Waals surface area contributed by atoms with E-state index in [-0.39, 0.29) is 18.3 Å². The van der Waals surface area contributed by atoms with Gasteiger partial charge in [-0.15, -0.1) is 0 Å². The first-order chi connectivity index (χ1) is 8.16. The van der Waals surface area contributed by atoms with Crippen molar-refractivity contribution in [2.75, 3.05) is 12.3 Å². The topological polar surface area (TPSA) is 84.0 Å². The molecule has 1 unspecified atom stereocenters. The monoisotopic (exact) mass is 256 g/mol. The number of sulfonamides is 1. The Morgan fingerprint density at radius 1 is 1.53 bits per heavy atom. The number of nitrogens with one attached hydrogen (secondary N) is 2. The molecule has 1 aromatic heterocycles. The Morgan fingerprint density at radius 2 is 2.41 bits per heavy atom. The van der Waals surface area contributed by atoms with E-state index < -0.39 is 10.0 Å². The van der Waals surface area contributed by atoms with Crippen LogP contribution in [0.2, 0.25) is 0 Å². The molecule has 94 valence electrons. The molecule has 0 aromatic carbocycles. The summed E-state index contributed by atoms with van der Waals surface area (Å²) in [5, 5.41) is 3.17. The summed E-state index contributed by atoms with van der Waals surface area (Å²) >= 11 is 0. The summed E-state index contributed by atoms with van der Waals surface area (Å²) in [6.45, 7) is 1.13. The normalized spacial score (nSPS) is 20.6. The van der Waals surface area contributed by atoms with E-state index in [0.717, 1.165) is 19.4 Å². The Balaban J connectivity index is 1.85. The average Bonchev–Trinajstić information content (AvgIpc) is 2.80. The van der Waals surface area contributed by atoms with Crippen molar-refractivity contribution in [1.29, 1.82) is 0 Å². The number of hydrogen-bond acceptors (Lipinski definition) is 5. The Kier molecular flexibility index (Phi) is 4.03. The lowest BCUT2D eigenvalue weighted by atomic mass is 10.3. The summed E-state index contributed by atoms with van der Waals surface area (Å²) in [7, 11) is -3.24. The molecule has 0 aliphatic carbocycles. The van der Waals surface area contributed by atoms with Gasteiger partial charge in [0.1, 0.15) is 6.33 Å². The van der Waals surface area contributed by atoms with E-state index in [1.807, 2.05) is 0 Å². The van der Waals surface area contributed by atoms with Gasteiger partial charge in [0.2, 0.25) is 10.0 Å². The van der Waals surface area contributed by atoms with E-state index in [1.54, 1.807) is 12.3 Å². The summed E-state index contributed by atoms with van der Waals surface area (Å²) in [6.07, 6.45) is 4.97. The van der Waals surface area contributed by atoms with Crippen LogP contribution in [-0.4, -0.2) is 36.7 Å². The number of hydrogen-bond donors (Lipinski definition) is 2. The zero-order chi connectivity index (χ0) is 12.1. The SMILES string of the molecule is O=S(=O)(CC1CCCN1)NCc1ccncn1. The second-order valence-electron chi connectivity index (χ2n) is 4.10. The molecule has 1 saturated heterocycles. The third-order valence-corrected chi connectivity index (χ3v) is 4.12. The van der Waals surface area contributed by atoms with E-state index in [4.69, 9.17) is 0 Å². The molecular weight excluding hydrogens is 240 g/mol.